The van der Waals surface area contributed by atoms with E-state index in [0.717, 1.165) is 36.3 Å². The van der Waals surface area contributed by atoms with Crippen LogP contribution < -0.4 is 14.4 Å². The summed E-state index contributed by atoms with van der Waals surface area (Å²) in [5, 5.41) is 2.94. The van der Waals surface area contributed by atoms with Crippen molar-refractivity contribution in [3.63, 3.8) is 0 Å². The van der Waals surface area contributed by atoms with E-state index in [1.165, 1.54) is 29.1 Å². The number of anilines is 1. The molecule has 200 valence electrons. The molecule has 1 saturated heterocycles. The summed E-state index contributed by atoms with van der Waals surface area (Å²) in [6.45, 7) is 7.30. The number of ether oxygens (including phenoxy) is 1. The van der Waals surface area contributed by atoms with Gasteiger partial charge >= 0.3 is 0 Å². The number of fused-ring (bicyclic) bond motifs is 1. The van der Waals surface area contributed by atoms with Gasteiger partial charge in [-0.15, -0.1) is 0 Å². The van der Waals surface area contributed by atoms with E-state index in [1.807, 2.05) is 32.0 Å². The van der Waals surface area contributed by atoms with Gasteiger partial charge in [0.25, 0.3) is 15.9 Å². The number of aryl methyl sites for hydroxylation is 2. The van der Waals surface area contributed by atoms with Crippen LogP contribution >= 0.6 is 0 Å². The van der Waals surface area contributed by atoms with Gasteiger partial charge in [-0.3, -0.25) is 14.0 Å². The normalized spacial score (nSPS) is 17.9. The third-order valence-corrected chi connectivity index (χ3v) is 9.02. The molecule has 1 unspecified atom stereocenters. The van der Waals surface area contributed by atoms with Gasteiger partial charge in [-0.05, 0) is 80.7 Å². The number of piperidine rings is 1. The maximum absolute atomic E-state index is 13.6. The van der Waals surface area contributed by atoms with Crippen LogP contribution in [0.15, 0.2) is 71.6 Å². The van der Waals surface area contributed by atoms with Crippen LogP contribution in [0.25, 0.3) is 0 Å². The van der Waals surface area contributed by atoms with Crippen molar-refractivity contribution in [2.75, 3.05) is 23.9 Å². The smallest absolute Gasteiger partial charge is 0.264 e. The molecule has 0 saturated carbocycles. The number of amides is 1. The monoisotopic (exact) mass is 533 g/mol. The molecule has 1 N–H and O–H groups in total. The van der Waals surface area contributed by atoms with Gasteiger partial charge in [0.1, 0.15) is 5.75 Å². The molecule has 8 heteroatoms. The summed E-state index contributed by atoms with van der Waals surface area (Å²) in [7, 11) is -3.89. The maximum atomic E-state index is 13.6. The van der Waals surface area contributed by atoms with E-state index in [9.17, 15) is 13.2 Å². The number of hydrogen-bond donors (Lipinski definition) is 1. The van der Waals surface area contributed by atoms with Crippen molar-refractivity contribution in [2.45, 2.75) is 57.2 Å². The van der Waals surface area contributed by atoms with Crippen LogP contribution in [0, 0.1) is 13.8 Å². The number of benzene rings is 3. The Labute approximate surface area is 225 Å². The summed E-state index contributed by atoms with van der Waals surface area (Å²) in [4.78, 5) is 15.8. The third-order valence-electron chi connectivity index (χ3n) is 7.23. The van der Waals surface area contributed by atoms with Crippen LogP contribution in [0.5, 0.6) is 5.75 Å². The first-order valence-electron chi connectivity index (χ1n) is 13.2. The van der Waals surface area contributed by atoms with Gasteiger partial charge in [-0.2, -0.15) is 0 Å². The number of nitrogens with one attached hydrogen (secondary N) is 1. The molecule has 0 spiro atoms. The zero-order chi connectivity index (χ0) is 26.7. The average Bonchev–Trinajstić information content (AvgIpc) is 2.92. The highest BCUT2D eigenvalue weighted by molar-refractivity contribution is 7.92. The summed E-state index contributed by atoms with van der Waals surface area (Å²) in [6.07, 6.45) is 2.88. The van der Waals surface area contributed by atoms with Gasteiger partial charge in [0.2, 0.25) is 0 Å². The van der Waals surface area contributed by atoms with Crippen molar-refractivity contribution in [3.05, 3.63) is 89.0 Å². The maximum Gasteiger partial charge on any atom is 0.264 e. The van der Waals surface area contributed by atoms with E-state index in [-0.39, 0.29) is 17.3 Å². The largest absolute Gasteiger partial charge is 0.476 e. The minimum Gasteiger partial charge on any atom is -0.476 e. The lowest BCUT2D eigenvalue weighted by Crippen LogP contribution is -2.50. The number of hydrogen-bond acceptors (Lipinski definition) is 5. The first-order chi connectivity index (χ1) is 18.3. The number of nitrogens with zero attached hydrogens (tertiary/aromatic N) is 2. The van der Waals surface area contributed by atoms with Crippen molar-refractivity contribution in [1.29, 1.82) is 0 Å². The predicted molar refractivity (Wildman–Crippen MR) is 149 cm³/mol. The minimum atomic E-state index is -3.89. The first kappa shape index (κ1) is 26.3. The second kappa shape index (κ2) is 11.2. The molecule has 2 heterocycles. The molecule has 0 aromatic heterocycles. The Morgan fingerprint density at radius 2 is 1.55 bits per heavy atom. The van der Waals surface area contributed by atoms with Crippen LogP contribution in [0.3, 0.4) is 0 Å². The molecule has 1 fully saturated rings. The van der Waals surface area contributed by atoms with E-state index < -0.39 is 16.1 Å². The van der Waals surface area contributed by atoms with E-state index in [0.29, 0.717) is 18.0 Å². The molecule has 1 atom stereocenters. The standard InChI is InChI=1S/C30H35N3O4S/c1-22-6-13-26(14-7-22)38(35,36)33-21-29(37-28-18-23(2)8-15-27(28)33)30(34)31-19-24-9-11-25(12-10-24)20-32-16-4-3-5-17-32/h6-15,18,29H,3-5,16-17,19-21H2,1-2H3,(H,31,34). The summed E-state index contributed by atoms with van der Waals surface area (Å²) in [5.41, 5.74) is 4.57. The van der Waals surface area contributed by atoms with Crippen molar-refractivity contribution < 1.29 is 17.9 Å². The molecule has 0 bridgehead atoms. The van der Waals surface area contributed by atoms with Crippen LogP contribution in [-0.2, 0) is 27.9 Å². The van der Waals surface area contributed by atoms with E-state index in [4.69, 9.17) is 4.74 Å². The molecule has 3 aromatic rings. The summed E-state index contributed by atoms with van der Waals surface area (Å²) < 4.78 is 34.5. The first-order valence-corrected chi connectivity index (χ1v) is 14.7. The minimum absolute atomic E-state index is 0.104. The molecule has 2 aliphatic rings. The molecule has 1 amide bonds. The predicted octanol–water partition coefficient (Wildman–Crippen LogP) is 4.56. The van der Waals surface area contributed by atoms with Crippen LogP contribution in [-0.4, -0.2) is 45.0 Å². The summed E-state index contributed by atoms with van der Waals surface area (Å²) in [5.74, 6) is 0.0350. The quantitative estimate of drug-likeness (QED) is 0.482. The summed E-state index contributed by atoms with van der Waals surface area (Å²) >= 11 is 0. The lowest BCUT2D eigenvalue weighted by atomic mass is 10.1. The molecular weight excluding hydrogens is 498 g/mol. The third kappa shape index (κ3) is 5.87. The van der Waals surface area contributed by atoms with Gasteiger partial charge in [-0.25, -0.2) is 8.42 Å². The second-order valence-electron chi connectivity index (χ2n) is 10.3. The van der Waals surface area contributed by atoms with Gasteiger partial charge < -0.3 is 10.1 Å². The Hall–Kier alpha value is -3.36. The zero-order valence-corrected chi connectivity index (χ0v) is 22.8. The molecule has 5 rings (SSSR count). The van der Waals surface area contributed by atoms with Crippen LogP contribution in [0.2, 0.25) is 0 Å². The number of sulfonamides is 1. The Morgan fingerprint density at radius 1 is 0.895 bits per heavy atom. The van der Waals surface area contributed by atoms with Crippen LogP contribution in [0.4, 0.5) is 5.69 Å². The summed E-state index contributed by atoms with van der Waals surface area (Å²) in [6, 6.07) is 20.4. The van der Waals surface area contributed by atoms with E-state index in [1.54, 1.807) is 36.4 Å². The Balaban J connectivity index is 1.28. The van der Waals surface area contributed by atoms with E-state index in [2.05, 4.69) is 22.3 Å². The van der Waals surface area contributed by atoms with Crippen molar-refractivity contribution in [2.24, 2.45) is 0 Å². The highest BCUT2D eigenvalue weighted by Gasteiger charge is 2.37. The zero-order valence-electron chi connectivity index (χ0n) is 22.0. The highest BCUT2D eigenvalue weighted by Crippen LogP contribution is 2.37. The fraction of sp³-hybridized carbons (Fsp3) is 0.367. The van der Waals surface area contributed by atoms with Crippen molar-refractivity contribution in [1.82, 2.24) is 10.2 Å². The van der Waals surface area contributed by atoms with Gasteiger partial charge in [0, 0.05) is 13.1 Å². The van der Waals surface area contributed by atoms with Gasteiger partial charge in [0.15, 0.2) is 6.10 Å². The highest BCUT2D eigenvalue weighted by atomic mass is 32.2. The van der Waals surface area contributed by atoms with Crippen molar-refractivity contribution in [3.8, 4) is 5.75 Å². The fourth-order valence-corrected chi connectivity index (χ4v) is 6.48. The van der Waals surface area contributed by atoms with E-state index >= 15 is 0 Å². The fourth-order valence-electron chi connectivity index (χ4n) is 5.00. The number of carbonyl (C=O) groups is 1. The Kier molecular flexibility index (Phi) is 7.72. The topological polar surface area (TPSA) is 79.0 Å². The molecule has 2 aliphatic heterocycles. The Bertz CT molecular complexity index is 1380. The van der Waals surface area contributed by atoms with Gasteiger partial charge in [-0.1, -0.05) is 54.4 Å². The molecule has 0 aliphatic carbocycles. The molecule has 38 heavy (non-hydrogen) atoms. The molecular formula is C30H35N3O4S. The molecule has 0 radical (unpaired) electrons. The average molecular weight is 534 g/mol. The number of carbonyl (C=O) groups excluding carboxylic acids is 1. The lowest BCUT2D eigenvalue weighted by molar-refractivity contribution is -0.127. The van der Waals surface area contributed by atoms with Gasteiger partial charge in [0.05, 0.1) is 17.1 Å². The number of rotatable bonds is 7. The molecule has 7 nitrogen and oxygen atoms in total. The Morgan fingerprint density at radius 3 is 2.26 bits per heavy atom. The second-order valence-corrected chi connectivity index (χ2v) is 12.2. The van der Waals surface area contributed by atoms with Crippen molar-refractivity contribution >= 4 is 21.6 Å². The molecule has 3 aromatic carbocycles. The SMILES string of the molecule is Cc1ccc(S(=O)(=O)N2CC(C(=O)NCc3ccc(CN4CCCCC4)cc3)Oc3cc(C)ccc32)cc1. The number of likely N-dealkylation sites (tertiary alicyclic amines) is 1. The lowest BCUT2D eigenvalue weighted by Gasteiger charge is -2.35. The van der Waals surface area contributed by atoms with Crippen LogP contribution in [0.1, 0.15) is 41.5 Å².